The van der Waals surface area contributed by atoms with Gasteiger partial charge in [0, 0.05) is 18.3 Å². The molecule has 4 aromatic rings. The van der Waals surface area contributed by atoms with Gasteiger partial charge in [-0.15, -0.1) is 0 Å². The molecule has 0 fully saturated rings. The molecule has 0 bridgehead atoms. The number of nitrogens with one attached hydrogen (secondary N) is 2. The molecule has 1 aromatic heterocycles. The Morgan fingerprint density at radius 2 is 1.70 bits per heavy atom. The largest absolute Gasteiger partial charge is 0.493 e. The fourth-order valence-electron chi connectivity index (χ4n) is 4.33. The zero-order valence-electron chi connectivity index (χ0n) is 20.8. The SMILES string of the molecule is COc1cccc(C(=O)N[N+]2(c3ccnc(NC(C)c4ccccc4)n3)C=Nc3ccccc32)c1OC. The summed E-state index contributed by atoms with van der Waals surface area (Å²) in [5.74, 6) is 1.36. The Hall–Kier alpha value is -4.76. The van der Waals surface area contributed by atoms with Crippen LogP contribution in [0.25, 0.3) is 0 Å². The van der Waals surface area contributed by atoms with Gasteiger partial charge in [0.25, 0.3) is 5.82 Å². The number of hydrogen-bond acceptors (Lipinski definition) is 7. The molecule has 0 spiro atoms. The predicted molar refractivity (Wildman–Crippen MR) is 144 cm³/mol. The van der Waals surface area contributed by atoms with Gasteiger partial charge in [0.05, 0.1) is 25.8 Å². The zero-order chi connectivity index (χ0) is 25.8. The van der Waals surface area contributed by atoms with Gasteiger partial charge in [-0.25, -0.2) is 4.98 Å². The number of carbonyl (C=O) groups excluding carboxylic acids is 1. The lowest BCUT2D eigenvalue weighted by atomic mass is 10.1. The molecule has 37 heavy (non-hydrogen) atoms. The van der Waals surface area contributed by atoms with Crippen LogP contribution in [0, 0.1) is 0 Å². The van der Waals surface area contributed by atoms with E-state index >= 15 is 0 Å². The van der Waals surface area contributed by atoms with Crippen LogP contribution in [-0.4, -0.2) is 36.4 Å². The van der Waals surface area contributed by atoms with Gasteiger partial charge in [-0.2, -0.15) is 15.4 Å². The summed E-state index contributed by atoms with van der Waals surface area (Å²) < 4.78 is 10.7. The van der Waals surface area contributed by atoms with Crippen LogP contribution in [0.1, 0.15) is 28.9 Å². The van der Waals surface area contributed by atoms with E-state index in [2.05, 4.69) is 20.7 Å². The average molecular weight is 496 g/mol. The van der Waals surface area contributed by atoms with Gasteiger partial charge in [-0.3, -0.25) is 4.79 Å². The minimum absolute atomic E-state index is 0.0277. The molecule has 3 aromatic carbocycles. The number of amides is 1. The van der Waals surface area contributed by atoms with E-state index in [-0.39, 0.29) is 16.5 Å². The van der Waals surface area contributed by atoms with Gasteiger partial charge in [-0.1, -0.05) is 53.1 Å². The quantitative estimate of drug-likeness (QED) is 0.321. The first-order valence-corrected chi connectivity index (χ1v) is 11.8. The Kier molecular flexibility index (Phi) is 6.53. The summed E-state index contributed by atoms with van der Waals surface area (Å²) in [5, 5.41) is 3.36. The minimum atomic E-state index is -0.385. The van der Waals surface area contributed by atoms with Crippen LogP contribution in [-0.2, 0) is 0 Å². The molecule has 0 radical (unpaired) electrons. The number of para-hydroxylation sites is 3. The van der Waals surface area contributed by atoms with E-state index < -0.39 is 0 Å². The summed E-state index contributed by atoms with van der Waals surface area (Å²) in [7, 11) is 3.03. The molecule has 2 heterocycles. The molecule has 2 N–H and O–H groups in total. The van der Waals surface area contributed by atoms with E-state index in [4.69, 9.17) is 14.5 Å². The van der Waals surface area contributed by atoms with Crippen LogP contribution in [0.15, 0.2) is 90.1 Å². The van der Waals surface area contributed by atoms with Crippen molar-refractivity contribution in [2.45, 2.75) is 13.0 Å². The number of hydrogen-bond donors (Lipinski definition) is 2. The molecule has 0 aliphatic carbocycles. The Morgan fingerprint density at radius 1 is 0.919 bits per heavy atom. The maximum absolute atomic E-state index is 13.7. The molecule has 0 saturated heterocycles. The van der Waals surface area contributed by atoms with Crippen LogP contribution >= 0.6 is 0 Å². The molecule has 2 unspecified atom stereocenters. The van der Waals surface area contributed by atoms with Crippen molar-refractivity contribution in [2.24, 2.45) is 4.99 Å². The van der Waals surface area contributed by atoms with Crippen LogP contribution in [0.4, 0.5) is 23.1 Å². The zero-order valence-corrected chi connectivity index (χ0v) is 20.8. The molecule has 2 atom stereocenters. The van der Waals surface area contributed by atoms with Crippen molar-refractivity contribution in [3.8, 4) is 11.5 Å². The summed E-state index contributed by atoms with van der Waals surface area (Å²) in [6.07, 6.45) is 3.32. The first-order valence-electron chi connectivity index (χ1n) is 11.8. The third kappa shape index (κ3) is 4.48. The number of anilines is 1. The highest BCUT2D eigenvalue weighted by molar-refractivity contribution is 6.03. The van der Waals surface area contributed by atoms with Crippen LogP contribution in [0.2, 0.25) is 0 Å². The Balaban J connectivity index is 1.55. The third-order valence-electron chi connectivity index (χ3n) is 6.20. The summed E-state index contributed by atoms with van der Waals surface area (Å²) in [6.45, 7) is 2.04. The van der Waals surface area contributed by atoms with Gasteiger partial charge < -0.3 is 14.8 Å². The van der Waals surface area contributed by atoms with Crippen LogP contribution in [0.3, 0.4) is 0 Å². The normalized spacial score (nSPS) is 16.5. The number of fused-ring (bicyclic) bond motifs is 1. The molecule has 1 aliphatic heterocycles. The highest BCUT2D eigenvalue weighted by atomic mass is 16.5. The first kappa shape index (κ1) is 24.0. The van der Waals surface area contributed by atoms with E-state index in [0.717, 1.165) is 16.9 Å². The predicted octanol–water partition coefficient (Wildman–Crippen LogP) is 5.32. The van der Waals surface area contributed by atoms with Crippen molar-refractivity contribution in [2.75, 3.05) is 19.5 Å². The van der Waals surface area contributed by atoms with Crippen molar-refractivity contribution in [1.29, 1.82) is 0 Å². The summed E-state index contributed by atoms with van der Waals surface area (Å²) in [5.41, 5.74) is 6.02. The van der Waals surface area contributed by atoms with Gasteiger partial charge in [0.1, 0.15) is 5.69 Å². The second-order valence-electron chi connectivity index (χ2n) is 8.45. The van der Waals surface area contributed by atoms with E-state index in [1.807, 2.05) is 61.5 Å². The van der Waals surface area contributed by atoms with Gasteiger partial charge in [0.15, 0.2) is 17.2 Å². The summed E-state index contributed by atoms with van der Waals surface area (Å²) >= 11 is 0. The molecule has 9 nitrogen and oxygen atoms in total. The first-order chi connectivity index (χ1) is 18.1. The number of aliphatic imine (C=N–C) groups is 1. The number of methoxy groups -OCH3 is 2. The van der Waals surface area contributed by atoms with Crippen molar-refractivity contribution >= 4 is 35.4 Å². The van der Waals surface area contributed by atoms with E-state index in [1.165, 1.54) is 14.2 Å². The van der Waals surface area contributed by atoms with Gasteiger partial charge >= 0.3 is 5.91 Å². The van der Waals surface area contributed by atoms with Crippen LogP contribution in [0.5, 0.6) is 11.5 Å². The number of benzene rings is 3. The monoisotopic (exact) mass is 495 g/mol. The lowest BCUT2D eigenvalue weighted by Gasteiger charge is -2.28. The Labute approximate surface area is 215 Å². The number of nitrogens with zero attached hydrogens (tertiary/aromatic N) is 4. The van der Waals surface area contributed by atoms with E-state index in [0.29, 0.717) is 28.8 Å². The fourth-order valence-corrected chi connectivity index (χ4v) is 4.33. The standard InChI is InChI=1S/C28H26N6O3/c1-19(20-10-5-4-6-11-20)31-28-29-17-16-25(32-28)34(18-30-22-13-7-8-14-23(22)34)33-27(35)21-12-9-15-24(36-2)26(21)37-3/h4-19H,1-3H3,(H-,29,31,32,33,35)/p+1. The average Bonchev–Trinajstić information content (AvgIpc) is 3.32. The van der Waals surface area contributed by atoms with E-state index in [9.17, 15) is 4.79 Å². The third-order valence-corrected chi connectivity index (χ3v) is 6.20. The highest BCUT2D eigenvalue weighted by Crippen LogP contribution is 2.42. The maximum Gasteiger partial charge on any atom is 0.301 e. The van der Waals surface area contributed by atoms with Crippen molar-refractivity contribution < 1.29 is 14.3 Å². The highest BCUT2D eigenvalue weighted by Gasteiger charge is 2.43. The second kappa shape index (κ2) is 10.1. The van der Waals surface area contributed by atoms with Crippen molar-refractivity contribution in [3.63, 3.8) is 0 Å². The second-order valence-corrected chi connectivity index (χ2v) is 8.45. The Morgan fingerprint density at radius 3 is 2.49 bits per heavy atom. The lowest BCUT2D eigenvalue weighted by molar-refractivity contribution is 0.0900. The molecule has 9 heteroatoms. The lowest BCUT2D eigenvalue weighted by Crippen LogP contribution is -2.56. The van der Waals surface area contributed by atoms with Crippen LogP contribution < -0.4 is 24.8 Å². The van der Waals surface area contributed by atoms with E-state index in [1.54, 1.807) is 36.8 Å². The molecule has 5 rings (SSSR count). The van der Waals surface area contributed by atoms with Gasteiger partial charge in [0.2, 0.25) is 12.3 Å². The number of quaternary nitrogens is 1. The molecular formula is C28H27N6O3+. The topological polar surface area (TPSA) is 97.7 Å². The smallest absolute Gasteiger partial charge is 0.301 e. The molecule has 186 valence electrons. The maximum atomic E-state index is 13.7. The fraction of sp³-hybridized carbons (Fsp3) is 0.143. The van der Waals surface area contributed by atoms with Crippen molar-refractivity contribution in [3.05, 3.63) is 96.2 Å². The summed E-state index contributed by atoms with van der Waals surface area (Å²) in [4.78, 5) is 27.5. The molecule has 0 saturated carbocycles. The minimum Gasteiger partial charge on any atom is -0.493 e. The molecule has 1 aliphatic rings. The molecule has 1 amide bonds. The summed E-state index contributed by atoms with van der Waals surface area (Å²) in [6, 6.07) is 24.5. The number of aromatic nitrogens is 2. The number of carbonyl (C=O) groups is 1. The molecular weight excluding hydrogens is 468 g/mol. The van der Waals surface area contributed by atoms with Crippen molar-refractivity contribution in [1.82, 2.24) is 20.0 Å². The Bertz CT molecular complexity index is 1460. The number of ether oxygens (including phenoxy) is 2. The van der Waals surface area contributed by atoms with Gasteiger partial charge in [-0.05, 0) is 30.7 Å². The number of rotatable bonds is 8.